The first-order chi connectivity index (χ1) is 10.8. The first-order valence-electron chi connectivity index (χ1n) is 7.41. The summed E-state index contributed by atoms with van der Waals surface area (Å²) in [5.74, 6) is 0.175. The molecule has 0 spiro atoms. The van der Waals surface area contributed by atoms with Crippen molar-refractivity contribution in [1.82, 2.24) is 4.90 Å². The van der Waals surface area contributed by atoms with Crippen molar-refractivity contribution in [2.45, 2.75) is 25.8 Å². The van der Waals surface area contributed by atoms with Gasteiger partial charge in [0.1, 0.15) is 0 Å². The van der Waals surface area contributed by atoms with Crippen LogP contribution in [0.15, 0.2) is 59.2 Å². The van der Waals surface area contributed by atoms with Crippen molar-refractivity contribution in [2.75, 3.05) is 7.05 Å². The highest BCUT2D eigenvalue weighted by atomic mass is 16.2. The Kier molecular flexibility index (Phi) is 4.79. The second kappa shape index (κ2) is 6.60. The number of rotatable bonds is 4. The summed E-state index contributed by atoms with van der Waals surface area (Å²) in [6.07, 6.45) is 5.51. The number of benzene rings is 1. The molecular weight excluding hydrogens is 288 g/mol. The van der Waals surface area contributed by atoms with Gasteiger partial charge in [0.05, 0.1) is 17.7 Å². The van der Waals surface area contributed by atoms with Crippen molar-refractivity contribution in [3.05, 3.63) is 60.3 Å². The van der Waals surface area contributed by atoms with Crippen LogP contribution in [0.3, 0.4) is 0 Å². The first-order valence-corrected chi connectivity index (χ1v) is 7.41. The molecule has 1 atom stereocenters. The highest BCUT2D eigenvalue weighted by molar-refractivity contribution is 6.09. The van der Waals surface area contributed by atoms with Gasteiger partial charge in [-0.3, -0.25) is 14.7 Å². The monoisotopic (exact) mass is 310 g/mol. The number of allylic oxidation sites excluding steroid dienone is 1. The lowest BCUT2D eigenvalue weighted by Crippen LogP contribution is -2.48. The summed E-state index contributed by atoms with van der Waals surface area (Å²) in [6, 6.07) is 8.04. The molecule has 2 rings (SSSR count). The molecule has 120 valence electrons. The number of carbonyl (C=O) groups is 1. The largest absolute Gasteiger partial charge is 0.369 e. The van der Waals surface area contributed by atoms with E-state index in [1.165, 1.54) is 11.1 Å². The normalized spacial score (nSPS) is 22.4. The van der Waals surface area contributed by atoms with Gasteiger partial charge >= 0.3 is 0 Å². The summed E-state index contributed by atoms with van der Waals surface area (Å²) in [5.41, 5.74) is 8.05. The Morgan fingerprint density at radius 1 is 1.52 bits per heavy atom. The van der Waals surface area contributed by atoms with E-state index in [0.29, 0.717) is 0 Å². The molecule has 1 amide bonds. The lowest BCUT2D eigenvalue weighted by Gasteiger charge is -2.31. The Labute approximate surface area is 136 Å². The van der Waals surface area contributed by atoms with E-state index in [0.717, 1.165) is 16.8 Å². The predicted octanol–water partition coefficient (Wildman–Crippen LogP) is 2.42. The molecule has 2 N–H and O–H groups in total. The van der Waals surface area contributed by atoms with Gasteiger partial charge in [0.25, 0.3) is 0 Å². The third-order valence-corrected chi connectivity index (χ3v) is 3.74. The summed E-state index contributed by atoms with van der Waals surface area (Å²) in [7, 11) is 1.63. The number of nitrogens with two attached hydrogens (primary N) is 1. The maximum Gasteiger partial charge on any atom is 0.231 e. The topological polar surface area (TPSA) is 71.0 Å². The minimum Gasteiger partial charge on any atom is -0.369 e. The van der Waals surface area contributed by atoms with Crippen LogP contribution in [0.5, 0.6) is 0 Å². The summed E-state index contributed by atoms with van der Waals surface area (Å²) in [6.45, 7) is 7.57. The Bertz CT molecular complexity index is 717. The number of hydrogen-bond acceptors (Lipinski definition) is 4. The number of amides is 1. The third kappa shape index (κ3) is 3.94. The first kappa shape index (κ1) is 16.7. The van der Waals surface area contributed by atoms with Crippen LogP contribution >= 0.6 is 0 Å². The van der Waals surface area contributed by atoms with Crippen LogP contribution in [0.4, 0.5) is 0 Å². The van der Waals surface area contributed by atoms with Crippen molar-refractivity contribution in [3.8, 4) is 0 Å². The summed E-state index contributed by atoms with van der Waals surface area (Å²) < 4.78 is 0. The number of aliphatic imine (C=N–C) groups is 2. The van der Waals surface area contributed by atoms with Crippen molar-refractivity contribution in [3.63, 3.8) is 0 Å². The van der Waals surface area contributed by atoms with Crippen molar-refractivity contribution >= 4 is 17.6 Å². The van der Waals surface area contributed by atoms with Crippen LogP contribution in [-0.2, 0) is 4.79 Å². The van der Waals surface area contributed by atoms with Crippen molar-refractivity contribution in [1.29, 1.82) is 0 Å². The molecule has 0 unspecified atom stereocenters. The van der Waals surface area contributed by atoms with Gasteiger partial charge in [-0.25, -0.2) is 4.99 Å². The zero-order chi connectivity index (χ0) is 17.0. The zero-order valence-electron chi connectivity index (χ0n) is 13.8. The molecule has 1 aromatic rings. The van der Waals surface area contributed by atoms with Gasteiger partial charge in [-0.2, -0.15) is 0 Å². The number of aryl methyl sites for hydroxylation is 1. The minimum absolute atomic E-state index is 0.0533. The molecule has 0 saturated heterocycles. The van der Waals surface area contributed by atoms with Crippen molar-refractivity contribution in [2.24, 2.45) is 15.7 Å². The molecular formula is C18H22N4O. The number of guanidine groups is 1. The van der Waals surface area contributed by atoms with E-state index >= 15 is 0 Å². The summed E-state index contributed by atoms with van der Waals surface area (Å²) >= 11 is 0. The van der Waals surface area contributed by atoms with Gasteiger partial charge in [0.2, 0.25) is 5.91 Å². The van der Waals surface area contributed by atoms with Gasteiger partial charge in [0.15, 0.2) is 5.96 Å². The van der Waals surface area contributed by atoms with Gasteiger partial charge in [0, 0.05) is 18.8 Å². The standard InChI is InChI=1S/C18H22N4O/c1-5-20-15(14-8-6-7-13(2)11-14)9-10-18(3)12-16(23)22(4)17(19)21-18/h5-11H,1,12H2,2-4H3,(H2,19,21)/b10-9+,20-15?/t18-/m1/s1. The Balaban J connectivity index is 2.34. The number of hydrogen-bond donors (Lipinski definition) is 1. The van der Waals surface area contributed by atoms with E-state index in [1.54, 1.807) is 7.05 Å². The van der Waals surface area contributed by atoms with E-state index in [1.807, 2.05) is 50.3 Å². The molecule has 0 aliphatic carbocycles. The Morgan fingerprint density at radius 2 is 2.26 bits per heavy atom. The Hall–Kier alpha value is -2.69. The van der Waals surface area contributed by atoms with Gasteiger partial charge in [-0.05, 0) is 26.0 Å². The molecule has 23 heavy (non-hydrogen) atoms. The highest BCUT2D eigenvalue weighted by Gasteiger charge is 2.32. The zero-order valence-corrected chi connectivity index (χ0v) is 13.8. The van der Waals surface area contributed by atoms with Gasteiger partial charge < -0.3 is 5.73 Å². The molecule has 0 aromatic heterocycles. The van der Waals surface area contributed by atoms with Crippen LogP contribution in [0.25, 0.3) is 0 Å². The average Bonchev–Trinajstić information content (AvgIpc) is 2.49. The van der Waals surface area contributed by atoms with E-state index in [9.17, 15) is 4.79 Å². The van der Waals surface area contributed by atoms with Crippen LogP contribution in [-0.4, -0.2) is 35.1 Å². The number of nitrogens with zero attached hydrogens (tertiary/aromatic N) is 3. The van der Waals surface area contributed by atoms with Crippen LogP contribution in [0, 0.1) is 6.92 Å². The number of carbonyl (C=O) groups excluding carboxylic acids is 1. The quantitative estimate of drug-likeness (QED) is 0.868. The van der Waals surface area contributed by atoms with Crippen LogP contribution < -0.4 is 5.73 Å². The second-order valence-electron chi connectivity index (χ2n) is 5.86. The van der Waals surface area contributed by atoms with Gasteiger partial charge in [-0.1, -0.05) is 36.4 Å². The van der Waals surface area contributed by atoms with E-state index in [2.05, 4.69) is 16.6 Å². The third-order valence-electron chi connectivity index (χ3n) is 3.74. The van der Waals surface area contributed by atoms with Crippen LogP contribution in [0.2, 0.25) is 0 Å². The molecule has 0 saturated carbocycles. The molecule has 0 bridgehead atoms. The molecule has 5 nitrogen and oxygen atoms in total. The van der Waals surface area contributed by atoms with Gasteiger partial charge in [-0.15, -0.1) is 0 Å². The summed E-state index contributed by atoms with van der Waals surface area (Å²) in [4.78, 5) is 22.1. The lowest BCUT2D eigenvalue weighted by atomic mass is 9.94. The maximum absolute atomic E-state index is 12.0. The predicted molar refractivity (Wildman–Crippen MR) is 94.5 cm³/mol. The fourth-order valence-electron chi connectivity index (χ4n) is 2.40. The average molecular weight is 310 g/mol. The molecule has 0 fully saturated rings. The Morgan fingerprint density at radius 3 is 2.87 bits per heavy atom. The fourth-order valence-corrected chi connectivity index (χ4v) is 2.40. The highest BCUT2D eigenvalue weighted by Crippen LogP contribution is 2.23. The molecule has 1 aliphatic rings. The molecule has 1 aliphatic heterocycles. The molecule has 0 radical (unpaired) electrons. The fraction of sp³-hybridized carbons (Fsp3) is 0.278. The second-order valence-corrected chi connectivity index (χ2v) is 5.86. The van der Waals surface area contributed by atoms with E-state index in [-0.39, 0.29) is 18.3 Å². The molecule has 1 aromatic carbocycles. The molecule has 1 heterocycles. The van der Waals surface area contributed by atoms with E-state index < -0.39 is 5.54 Å². The molecule has 5 heteroatoms. The van der Waals surface area contributed by atoms with Crippen LogP contribution in [0.1, 0.15) is 24.5 Å². The van der Waals surface area contributed by atoms with Crippen molar-refractivity contribution < 1.29 is 4.79 Å². The SMILES string of the molecule is C=CN=C(/C=C/[C@]1(C)CC(=O)N(C)C(N)=N1)c1cccc(C)c1. The smallest absolute Gasteiger partial charge is 0.231 e. The maximum atomic E-state index is 12.0. The van der Waals surface area contributed by atoms with E-state index in [4.69, 9.17) is 5.73 Å². The summed E-state index contributed by atoms with van der Waals surface area (Å²) in [5, 5.41) is 0. The lowest BCUT2D eigenvalue weighted by molar-refractivity contribution is -0.127. The minimum atomic E-state index is -0.667.